The van der Waals surface area contributed by atoms with Gasteiger partial charge in [-0.3, -0.25) is 4.90 Å². The molecule has 106 valence electrons. The number of hydrogen-bond acceptors (Lipinski definition) is 2. The first-order chi connectivity index (χ1) is 9.04. The molecule has 0 radical (unpaired) electrons. The molecule has 19 heavy (non-hydrogen) atoms. The fourth-order valence-corrected chi connectivity index (χ4v) is 2.71. The topological polar surface area (TPSA) is 15.3 Å². The van der Waals surface area contributed by atoms with Gasteiger partial charge in [-0.25, -0.2) is 0 Å². The van der Waals surface area contributed by atoms with E-state index in [4.69, 9.17) is 0 Å². The molecule has 1 fully saturated rings. The average Bonchev–Trinajstić information content (AvgIpc) is 2.40. The number of alkyl halides is 3. The molecule has 1 aromatic carbocycles. The summed E-state index contributed by atoms with van der Waals surface area (Å²) in [5, 5.41) is 3.23. The second kappa shape index (κ2) is 5.92. The largest absolute Gasteiger partial charge is 0.416 e. The highest BCUT2D eigenvalue weighted by molar-refractivity contribution is 5.32. The Morgan fingerprint density at radius 1 is 1.21 bits per heavy atom. The zero-order chi connectivity index (χ0) is 13.9. The smallest absolute Gasteiger partial charge is 0.314 e. The van der Waals surface area contributed by atoms with Crippen LogP contribution in [0.3, 0.4) is 0 Å². The molecule has 1 saturated heterocycles. The summed E-state index contributed by atoms with van der Waals surface area (Å²) >= 11 is 0. The van der Waals surface area contributed by atoms with Gasteiger partial charge in [0.2, 0.25) is 0 Å². The Morgan fingerprint density at radius 2 is 1.84 bits per heavy atom. The van der Waals surface area contributed by atoms with E-state index in [0.717, 1.165) is 26.2 Å². The first-order valence-corrected chi connectivity index (χ1v) is 6.65. The highest BCUT2D eigenvalue weighted by Crippen LogP contribution is 2.37. The molecule has 5 heteroatoms. The first-order valence-electron chi connectivity index (χ1n) is 6.65. The van der Waals surface area contributed by atoms with E-state index in [9.17, 15) is 13.2 Å². The molecule has 1 aliphatic heterocycles. The maximum atomic E-state index is 13.1. The second-order valence-electron chi connectivity index (χ2n) is 4.80. The van der Waals surface area contributed by atoms with Gasteiger partial charge in [0.15, 0.2) is 0 Å². The quantitative estimate of drug-likeness (QED) is 0.909. The minimum Gasteiger partial charge on any atom is -0.314 e. The van der Waals surface area contributed by atoms with Crippen molar-refractivity contribution in [2.45, 2.75) is 25.6 Å². The summed E-state index contributed by atoms with van der Waals surface area (Å²) in [6.07, 6.45) is -3.59. The number of rotatable bonds is 3. The fourth-order valence-electron chi connectivity index (χ4n) is 2.71. The highest BCUT2D eigenvalue weighted by Gasteiger charge is 2.35. The minimum absolute atomic E-state index is 0.153. The summed E-state index contributed by atoms with van der Waals surface area (Å²) in [5.74, 6) is 0. The molecule has 0 aliphatic carbocycles. The van der Waals surface area contributed by atoms with Crippen molar-refractivity contribution in [3.05, 3.63) is 35.4 Å². The third-order valence-corrected chi connectivity index (χ3v) is 3.60. The molecule has 1 heterocycles. The van der Waals surface area contributed by atoms with Crippen molar-refractivity contribution >= 4 is 0 Å². The van der Waals surface area contributed by atoms with Crippen LogP contribution in [0.1, 0.15) is 30.5 Å². The number of nitrogens with one attached hydrogen (secondary N) is 1. The number of halogens is 3. The lowest BCUT2D eigenvalue weighted by atomic mass is 9.96. The van der Waals surface area contributed by atoms with E-state index in [-0.39, 0.29) is 6.04 Å². The second-order valence-corrected chi connectivity index (χ2v) is 4.80. The zero-order valence-electron chi connectivity index (χ0n) is 11.0. The summed E-state index contributed by atoms with van der Waals surface area (Å²) in [6, 6.07) is 5.78. The molecule has 0 amide bonds. The number of piperazine rings is 1. The van der Waals surface area contributed by atoms with Gasteiger partial charge in [0.25, 0.3) is 0 Å². The average molecular weight is 272 g/mol. The molecule has 0 saturated carbocycles. The van der Waals surface area contributed by atoms with E-state index in [2.05, 4.69) is 10.2 Å². The summed E-state index contributed by atoms with van der Waals surface area (Å²) in [6.45, 7) is 5.21. The van der Waals surface area contributed by atoms with E-state index in [1.54, 1.807) is 12.1 Å². The summed E-state index contributed by atoms with van der Waals surface area (Å²) in [4.78, 5) is 2.14. The van der Waals surface area contributed by atoms with Crippen LogP contribution in [0.2, 0.25) is 0 Å². The van der Waals surface area contributed by atoms with Crippen LogP contribution in [0.25, 0.3) is 0 Å². The molecule has 1 aliphatic rings. The van der Waals surface area contributed by atoms with Gasteiger partial charge < -0.3 is 5.32 Å². The maximum Gasteiger partial charge on any atom is 0.416 e. The summed E-state index contributed by atoms with van der Waals surface area (Å²) < 4.78 is 39.2. The van der Waals surface area contributed by atoms with Crippen LogP contribution in [0, 0.1) is 0 Å². The van der Waals surface area contributed by atoms with Gasteiger partial charge in [-0.15, -0.1) is 0 Å². The van der Waals surface area contributed by atoms with Crippen molar-refractivity contribution in [2.24, 2.45) is 0 Å². The van der Waals surface area contributed by atoms with Crippen LogP contribution in [0.4, 0.5) is 13.2 Å². The predicted octanol–water partition coefficient (Wildman–Crippen LogP) is 3.06. The Kier molecular flexibility index (Phi) is 4.47. The molecule has 0 spiro atoms. The molecular weight excluding hydrogens is 253 g/mol. The number of benzene rings is 1. The van der Waals surface area contributed by atoms with E-state index in [1.807, 2.05) is 6.92 Å². The van der Waals surface area contributed by atoms with Crippen LogP contribution in [-0.2, 0) is 6.18 Å². The van der Waals surface area contributed by atoms with Crippen LogP contribution < -0.4 is 5.32 Å². The SMILES string of the molecule is CC[C@H](c1ccccc1C(F)(F)F)N1CCNCC1. The fraction of sp³-hybridized carbons (Fsp3) is 0.571. The van der Waals surface area contributed by atoms with Crippen molar-refractivity contribution in [1.82, 2.24) is 10.2 Å². The monoisotopic (exact) mass is 272 g/mol. The van der Waals surface area contributed by atoms with Gasteiger partial charge in [0.1, 0.15) is 0 Å². The molecular formula is C14H19F3N2. The van der Waals surface area contributed by atoms with E-state index < -0.39 is 11.7 Å². The lowest BCUT2D eigenvalue weighted by Gasteiger charge is -2.35. The molecule has 0 aromatic heterocycles. The van der Waals surface area contributed by atoms with E-state index in [1.165, 1.54) is 12.1 Å². The van der Waals surface area contributed by atoms with Crippen molar-refractivity contribution in [3.8, 4) is 0 Å². The Hall–Kier alpha value is -1.07. The van der Waals surface area contributed by atoms with Crippen LogP contribution >= 0.6 is 0 Å². The van der Waals surface area contributed by atoms with Crippen molar-refractivity contribution in [3.63, 3.8) is 0 Å². The molecule has 0 unspecified atom stereocenters. The van der Waals surface area contributed by atoms with Gasteiger partial charge in [0.05, 0.1) is 5.56 Å². The number of hydrogen-bond donors (Lipinski definition) is 1. The van der Waals surface area contributed by atoms with Crippen molar-refractivity contribution in [2.75, 3.05) is 26.2 Å². The van der Waals surface area contributed by atoms with Gasteiger partial charge in [0, 0.05) is 32.2 Å². The van der Waals surface area contributed by atoms with Crippen molar-refractivity contribution in [1.29, 1.82) is 0 Å². The summed E-state index contributed by atoms with van der Waals surface area (Å²) in [5.41, 5.74) is -0.0974. The van der Waals surface area contributed by atoms with Gasteiger partial charge in [-0.2, -0.15) is 13.2 Å². The third-order valence-electron chi connectivity index (χ3n) is 3.60. The zero-order valence-corrected chi connectivity index (χ0v) is 11.0. The Bertz CT molecular complexity index is 411. The normalized spacial score (nSPS) is 19.4. The minimum atomic E-state index is -4.28. The van der Waals surface area contributed by atoms with Crippen LogP contribution in [0.15, 0.2) is 24.3 Å². The first kappa shape index (κ1) is 14.3. The van der Waals surface area contributed by atoms with Crippen LogP contribution in [0.5, 0.6) is 0 Å². The highest BCUT2D eigenvalue weighted by atomic mass is 19.4. The van der Waals surface area contributed by atoms with Crippen LogP contribution in [-0.4, -0.2) is 31.1 Å². The van der Waals surface area contributed by atoms with Gasteiger partial charge in [-0.1, -0.05) is 25.1 Å². The molecule has 1 N–H and O–H groups in total. The molecule has 1 atom stereocenters. The molecule has 1 aromatic rings. The lowest BCUT2D eigenvalue weighted by molar-refractivity contribution is -0.138. The van der Waals surface area contributed by atoms with Gasteiger partial charge in [-0.05, 0) is 18.1 Å². The van der Waals surface area contributed by atoms with E-state index in [0.29, 0.717) is 12.0 Å². The summed E-state index contributed by atoms with van der Waals surface area (Å²) in [7, 11) is 0. The van der Waals surface area contributed by atoms with E-state index >= 15 is 0 Å². The third kappa shape index (κ3) is 3.28. The lowest BCUT2D eigenvalue weighted by Crippen LogP contribution is -2.45. The predicted molar refractivity (Wildman–Crippen MR) is 68.9 cm³/mol. The molecule has 2 rings (SSSR count). The van der Waals surface area contributed by atoms with Gasteiger partial charge >= 0.3 is 6.18 Å². The Balaban J connectivity index is 2.32. The number of nitrogens with zero attached hydrogens (tertiary/aromatic N) is 1. The standard InChI is InChI=1S/C14H19F3N2/c1-2-13(19-9-7-18-8-10-19)11-5-3-4-6-12(11)14(15,16)17/h3-6,13,18H,2,7-10H2,1H3/t13-/m1/s1. The Labute approximate surface area is 111 Å². The molecule has 0 bridgehead atoms. The Morgan fingerprint density at radius 3 is 2.42 bits per heavy atom. The maximum absolute atomic E-state index is 13.1. The molecule has 2 nitrogen and oxygen atoms in total. The van der Waals surface area contributed by atoms with Crippen molar-refractivity contribution < 1.29 is 13.2 Å².